The van der Waals surface area contributed by atoms with Crippen LogP contribution in [0.5, 0.6) is 0 Å². The predicted octanol–water partition coefficient (Wildman–Crippen LogP) is 22.1. The zero-order chi connectivity index (χ0) is 54.3. The summed E-state index contributed by atoms with van der Waals surface area (Å²) in [5.41, 5.74) is 0. The maximum Gasteiger partial charge on any atom is 0.306 e. The molecule has 0 aromatic carbocycles. The number of rotatable bonds is 59. The molecule has 6 nitrogen and oxygen atoms in total. The molecule has 0 N–H and O–H groups in total. The molecular formula is C69H122O6. The van der Waals surface area contributed by atoms with Crippen molar-refractivity contribution in [1.82, 2.24) is 0 Å². The van der Waals surface area contributed by atoms with Crippen molar-refractivity contribution in [2.45, 2.75) is 335 Å². The Morgan fingerprint density at radius 3 is 0.760 bits per heavy atom. The molecule has 0 fully saturated rings. The van der Waals surface area contributed by atoms with Gasteiger partial charge in [-0.3, -0.25) is 14.4 Å². The summed E-state index contributed by atoms with van der Waals surface area (Å²) in [6.07, 6.45) is 81.8. The van der Waals surface area contributed by atoms with Gasteiger partial charge in [0.15, 0.2) is 6.10 Å². The summed E-state index contributed by atoms with van der Waals surface area (Å²) < 4.78 is 16.9. The topological polar surface area (TPSA) is 78.9 Å². The maximum absolute atomic E-state index is 12.9. The lowest BCUT2D eigenvalue weighted by Crippen LogP contribution is -2.30. The Labute approximate surface area is 465 Å². The first kappa shape index (κ1) is 71.8. The molecule has 0 radical (unpaired) electrons. The van der Waals surface area contributed by atoms with Gasteiger partial charge in [0.1, 0.15) is 13.2 Å². The minimum atomic E-state index is -0.786. The van der Waals surface area contributed by atoms with Crippen LogP contribution in [0.2, 0.25) is 0 Å². The summed E-state index contributed by atoms with van der Waals surface area (Å²) >= 11 is 0. The summed E-state index contributed by atoms with van der Waals surface area (Å²) in [5, 5.41) is 0. The molecule has 1 unspecified atom stereocenters. The van der Waals surface area contributed by atoms with Gasteiger partial charge in [-0.1, -0.05) is 267 Å². The molecule has 0 bridgehead atoms. The zero-order valence-electron chi connectivity index (χ0n) is 49.8. The number of ether oxygens (including phenoxy) is 3. The lowest BCUT2D eigenvalue weighted by molar-refractivity contribution is -0.167. The Bertz CT molecular complexity index is 1390. The maximum atomic E-state index is 12.9. The number of unbranched alkanes of at least 4 members (excludes halogenated alkanes) is 36. The van der Waals surface area contributed by atoms with Gasteiger partial charge in [0.2, 0.25) is 0 Å². The van der Waals surface area contributed by atoms with E-state index in [-0.39, 0.29) is 31.1 Å². The summed E-state index contributed by atoms with van der Waals surface area (Å²) in [6, 6.07) is 0. The van der Waals surface area contributed by atoms with Crippen LogP contribution in [0, 0.1) is 0 Å². The van der Waals surface area contributed by atoms with Crippen LogP contribution < -0.4 is 0 Å². The highest BCUT2D eigenvalue weighted by atomic mass is 16.6. The van der Waals surface area contributed by atoms with E-state index in [1.54, 1.807) is 0 Å². The normalized spacial score (nSPS) is 12.5. The van der Waals surface area contributed by atoms with Gasteiger partial charge in [-0.25, -0.2) is 0 Å². The molecule has 75 heavy (non-hydrogen) atoms. The third-order valence-electron chi connectivity index (χ3n) is 14.2. The fourth-order valence-corrected chi connectivity index (χ4v) is 9.24. The van der Waals surface area contributed by atoms with Gasteiger partial charge < -0.3 is 14.2 Å². The van der Waals surface area contributed by atoms with E-state index in [0.29, 0.717) is 19.3 Å². The van der Waals surface area contributed by atoms with Crippen LogP contribution in [-0.4, -0.2) is 37.2 Å². The second kappa shape index (κ2) is 63.4. The smallest absolute Gasteiger partial charge is 0.306 e. The monoisotopic (exact) mass is 1050 g/mol. The van der Waals surface area contributed by atoms with Gasteiger partial charge in [0.05, 0.1) is 0 Å². The van der Waals surface area contributed by atoms with Gasteiger partial charge in [0, 0.05) is 19.3 Å². The molecule has 0 aliphatic carbocycles. The first-order valence-corrected chi connectivity index (χ1v) is 32.4. The molecule has 434 valence electrons. The fourth-order valence-electron chi connectivity index (χ4n) is 9.24. The third-order valence-corrected chi connectivity index (χ3v) is 14.2. The van der Waals surface area contributed by atoms with E-state index < -0.39 is 6.10 Å². The van der Waals surface area contributed by atoms with E-state index in [2.05, 4.69) is 93.7 Å². The first-order valence-electron chi connectivity index (χ1n) is 32.4. The van der Waals surface area contributed by atoms with E-state index in [4.69, 9.17) is 14.2 Å². The van der Waals surface area contributed by atoms with Crippen molar-refractivity contribution >= 4 is 17.9 Å². The molecule has 0 rings (SSSR count). The van der Waals surface area contributed by atoms with Crippen molar-refractivity contribution in [2.24, 2.45) is 0 Å². The second-order valence-electron chi connectivity index (χ2n) is 21.7. The Balaban J connectivity index is 4.35. The minimum absolute atomic E-state index is 0.0813. The molecule has 0 saturated heterocycles. The lowest BCUT2D eigenvalue weighted by Gasteiger charge is -2.18. The quantitative estimate of drug-likeness (QED) is 0.0261. The Hall–Kier alpha value is -3.15. The first-order chi connectivity index (χ1) is 37.0. The second-order valence-corrected chi connectivity index (χ2v) is 21.7. The number of hydrogen-bond donors (Lipinski definition) is 0. The average molecular weight is 1050 g/mol. The zero-order valence-corrected chi connectivity index (χ0v) is 49.8. The van der Waals surface area contributed by atoms with Gasteiger partial charge in [-0.15, -0.1) is 0 Å². The molecule has 1 atom stereocenters. The summed E-state index contributed by atoms with van der Waals surface area (Å²) in [6.45, 7) is 6.60. The standard InChI is InChI=1S/C69H122O6/c1-4-7-10-13-16-19-22-25-28-30-32-33-34-35-37-38-41-44-47-50-53-56-59-62-68(71)74-65-66(64-73-67(70)61-58-55-52-49-46-43-40-27-24-21-18-15-12-9-6-3)75-69(72)63-60-57-54-51-48-45-42-39-36-31-29-26-23-20-17-14-11-8-5-2/h17-18,20-22,25-27,29-30,32,40,66H,4-16,19,23-24,28,31,33-39,41-65H2,1-3H3/b20-17-,21-18-,25-22-,29-26-,32-30-,40-27-. The van der Waals surface area contributed by atoms with Crippen molar-refractivity contribution in [3.8, 4) is 0 Å². The van der Waals surface area contributed by atoms with Crippen LogP contribution in [0.15, 0.2) is 72.9 Å². The molecular weight excluding hydrogens is 925 g/mol. The molecule has 0 aliphatic rings. The largest absolute Gasteiger partial charge is 0.462 e. The summed E-state index contributed by atoms with van der Waals surface area (Å²) in [7, 11) is 0. The van der Waals surface area contributed by atoms with E-state index in [9.17, 15) is 14.4 Å². The third kappa shape index (κ3) is 61.6. The van der Waals surface area contributed by atoms with Gasteiger partial charge in [0.25, 0.3) is 0 Å². The Morgan fingerprint density at radius 1 is 0.267 bits per heavy atom. The molecule has 0 heterocycles. The van der Waals surface area contributed by atoms with Gasteiger partial charge in [-0.05, 0) is 116 Å². The molecule has 6 heteroatoms. The summed E-state index contributed by atoms with van der Waals surface area (Å²) in [4.78, 5) is 38.3. The van der Waals surface area contributed by atoms with Crippen LogP contribution in [0.3, 0.4) is 0 Å². The van der Waals surface area contributed by atoms with Crippen molar-refractivity contribution in [3.63, 3.8) is 0 Å². The predicted molar refractivity (Wildman–Crippen MR) is 325 cm³/mol. The fraction of sp³-hybridized carbons (Fsp3) is 0.783. The Kier molecular flexibility index (Phi) is 60.7. The van der Waals surface area contributed by atoms with E-state index >= 15 is 0 Å². The SMILES string of the molecule is CCCCC/C=C\C/C=C\CCCCCCCCCCCC(=O)OC(COC(=O)CCCCCCC/C=C\C/C=C\CCCCC)COC(=O)CCCCCCCCCCCCC/C=C\C/C=C\CCCCCCC. The van der Waals surface area contributed by atoms with Crippen LogP contribution in [0.4, 0.5) is 0 Å². The van der Waals surface area contributed by atoms with Crippen LogP contribution >= 0.6 is 0 Å². The van der Waals surface area contributed by atoms with Crippen LogP contribution in [0.1, 0.15) is 329 Å². The van der Waals surface area contributed by atoms with Crippen LogP contribution in [-0.2, 0) is 28.6 Å². The lowest BCUT2D eigenvalue weighted by atomic mass is 10.0. The number of hydrogen-bond acceptors (Lipinski definition) is 6. The molecule has 0 aromatic rings. The number of carbonyl (C=O) groups is 3. The molecule has 0 aromatic heterocycles. The highest BCUT2D eigenvalue weighted by Gasteiger charge is 2.19. The average Bonchev–Trinajstić information content (AvgIpc) is 3.41. The van der Waals surface area contributed by atoms with Crippen molar-refractivity contribution in [2.75, 3.05) is 13.2 Å². The highest BCUT2D eigenvalue weighted by Crippen LogP contribution is 2.16. The van der Waals surface area contributed by atoms with Crippen molar-refractivity contribution in [1.29, 1.82) is 0 Å². The number of carbonyl (C=O) groups excluding carboxylic acids is 3. The van der Waals surface area contributed by atoms with Gasteiger partial charge in [-0.2, -0.15) is 0 Å². The van der Waals surface area contributed by atoms with E-state index in [0.717, 1.165) is 89.9 Å². The van der Waals surface area contributed by atoms with Crippen molar-refractivity contribution in [3.05, 3.63) is 72.9 Å². The number of allylic oxidation sites excluding steroid dienone is 12. The minimum Gasteiger partial charge on any atom is -0.462 e. The van der Waals surface area contributed by atoms with E-state index in [1.807, 2.05) is 0 Å². The molecule has 0 spiro atoms. The van der Waals surface area contributed by atoms with E-state index in [1.165, 1.54) is 199 Å². The van der Waals surface area contributed by atoms with Crippen molar-refractivity contribution < 1.29 is 28.6 Å². The molecule has 0 amide bonds. The molecule has 0 saturated carbocycles. The highest BCUT2D eigenvalue weighted by molar-refractivity contribution is 5.71. The Morgan fingerprint density at radius 2 is 0.480 bits per heavy atom. The van der Waals surface area contributed by atoms with Crippen LogP contribution in [0.25, 0.3) is 0 Å². The summed E-state index contributed by atoms with van der Waals surface area (Å²) in [5.74, 6) is -0.887. The number of esters is 3. The van der Waals surface area contributed by atoms with Gasteiger partial charge >= 0.3 is 17.9 Å². The molecule has 0 aliphatic heterocycles.